The van der Waals surface area contributed by atoms with Gasteiger partial charge in [-0.25, -0.2) is 4.98 Å². The molecule has 2 heterocycles. The molecule has 0 saturated carbocycles. The number of halogens is 2. The van der Waals surface area contributed by atoms with Gasteiger partial charge in [-0.2, -0.15) is 0 Å². The van der Waals surface area contributed by atoms with Crippen LogP contribution < -0.4 is 0 Å². The molecule has 2 nitrogen and oxygen atoms in total. The Morgan fingerprint density at radius 3 is 2.93 bits per heavy atom. The van der Waals surface area contributed by atoms with E-state index in [2.05, 4.69) is 42.2 Å². The van der Waals surface area contributed by atoms with Gasteiger partial charge in [0.1, 0.15) is 4.60 Å². The number of hydrogen-bond donors (Lipinski definition) is 0. The maximum absolute atomic E-state index is 4.40. The smallest absolute Gasteiger partial charge is 0.106 e. The average Bonchev–Trinajstić information content (AvgIpc) is 2.18. The zero-order chi connectivity index (χ0) is 9.97. The highest BCUT2D eigenvalue weighted by Crippen LogP contribution is 2.29. The van der Waals surface area contributed by atoms with Gasteiger partial charge in [-0.3, -0.25) is 0 Å². The molecule has 4 heteroatoms. The summed E-state index contributed by atoms with van der Waals surface area (Å²) in [6, 6.07) is 5.79. The second-order valence-electron chi connectivity index (χ2n) is 2.78. The third-order valence-electron chi connectivity index (χ3n) is 1.76. The van der Waals surface area contributed by atoms with E-state index in [4.69, 9.17) is 0 Å². The van der Waals surface area contributed by atoms with E-state index >= 15 is 0 Å². The van der Waals surface area contributed by atoms with Crippen molar-refractivity contribution in [1.29, 1.82) is 0 Å². The summed E-state index contributed by atoms with van der Waals surface area (Å²) < 4.78 is 0.826. The van der Waals surface area contributed by atoms with Crippen LogP contribution in [0.15, 0.2) is 41.0 Å². The number of aromatic nitrogens is 1. The Hall–Kier alpha value is -0.610. The quantitative estimate of drug-likeness (QED) is 0.439. The second-order valence-corrected chi connectivity index (χ2v) is 4.53. The molecule has 1 aromatic rings. The molecule has 14 heavy (non-hydrogen) atoms. The molecule has 0 fully saturated rings. The molecule has 1 unspecified atom stereocenters. The van der Waals surface area contributed by atoms with E-state index in [9.17, 15) is 0 Å². The molecule has 1 aromatic heterocycles. The maximum Gasteiger partial charge on any atom is 0.106 e. The molecular formula is C10H7Br2N2-. The van der Waals surface area contributed by atoms with Crippen molar-refractivity contribution in [2.45, 2.75) is 4.95 Å². The Morgan fingerprint density at radius 1 is 1.36 bits per heavy atom. The number of allylic oxidation sites excluding steroid dienone is 2. The van der Waals surface area contributed by atoms with Gasteiger partial charge in [0.2, 0.25) is 0 Å². The monoisotopic (exact) mass is 313 g/mol. The summed E-state index contributed by atoms with van der Waals surface area (Å²) in [5, 5.41) is 4.40. The van der Waals surface area contributed by atoms with Crippen LogP contribution in [0.3, 0.4) is 0 Å². The summed E-state index contributed by atoms with van der Waals surface area (Å²) in [5.74, 6) is 0. The number of pyridine rings is 1. The summed E-state index contributed by atoms with van der Waals surface area (Å²) in [6.07, 6.45) is 5.90. The van der Waals surface area contributed by atoms with Crippen LogP contribution in [0.2, 0.25) is 0 Å². The Kier molecular flexibility index (Phi) is 3.03. The van der Waals surface area contributed by atoms with Crippen LogP contribution in [-0.2, 0) is 0 Å². The maximum atomic E-state index is 4.40. The lowest BCUT2D eigenvalue weighted by molar-refractivity contribution is 1.21. The summed E-state index contributed by atoms with van der Waals surface area (Å²) in [5.41, 5.74) is 1.78. The molecule has 0 saturated heterocycles. The molecule has 1 aliphatic rings. The Morgan fingerprint density at radius 2 is 2.21 bits per heavy atom. The molecule has 72 valence electrons. The van der Waals surface area contributed by atoms with Gasteiger partial charge in [-0.15, -0.1) is 21.6 Å². The van der Waals surface area contributed by atoms with E-state index in [0.717, 1.165) is 16.0 Å². The summed E-state index contributed by atoms with van der Waals surface area (Å²) >= 11 is 6.74. The van der Waals surface area contributed by atoms with E-state index in [1.807, 2.05) is 36.4 Å². The first-order valence-electron chi connectivity index (χ1n) is 4.12. The van der Waals surface area contributed by atoms with E-state index in [0.29, 0.717) is 0 Å². The Labute approximate surface area is 99.4 Å². The molecular weight excluding hydrogens is 308 g/mol. The van der Waals surface area contributed by atoms with E-state index in [1.54, 1.807) is 0 Å². The molecule has 0 aromatic carbocycles. The number of nitrogens with zero attached hydrogens (tertiary/aromatic N) is 2. The molecule has 1 aliphatic heterocycles. The minimum absolute atomic E-state index is 0.0586. The first kappa shape index (κ1) is 9.93. The third-order valence-corrected chi connectivity index (χ3v) is 2.72. The van der Waals surface area contributed by atoms with Crippen molar-refractivity contribution in [1.82, 2.24) is 4.98 Å². The van der Waals surface area contributed by atoms with Crippen molar-refractivity contribution in [3.63, 3.8) is 0 Å². The number of alkyl halides is 1. The lowest BCUT2D eigenvalue weighted by Gasteiger charge is -2.31. The van der Waals surface area contributed by atoms with E-state index in [1.165, 1.54) is 0 Å². The molecule has 0 bridgehead atoms. The highest BCUT2D eigenvalue weighted by Gasteiger charge is 1.99. The van der Waals surface area contributed by atoms with Crippen LogP contribution in [-0.4, -0.2) is 9.94 Å². The molecule has 1 atom stereocenters. The summed E-state index contributed by atoms with van der Waals surface area (Å²) in [6.45, 7) is 0. The van der Waals surface area contributed by atoms with Gasteiger partial charge < -0.3 is 5.32 Å². The zero-order valence-electron chi connectivity index (χ0n) is 7.19. The fourth-order valence-corrected chi connectivity index (χ4v) is 1.90. The van der Waals surface area contributed by atoms with Crippen LogP contribution in [0.5, 0.6) is 0 Å². The summed E-state index contributed by atoms with van der Waals surface area (Å²) in [4.78, 5) is 4.39. The van der Waals surface area contributed by atoms with Crippen molar-refractivity contribution < 1.29 is 0 Å². The largest absolute Gasteiger partial charge is 0.668 e. The minimum Gasteiger partial charge on any atom is -0.668 e. The Balaban J connectivity index is 2.31. The van der Waals surface area contributed by atoms with Gasteiger partial charge in [-0.05, 0) is 33.0 Å². The highest BCUT2D eigenvalue weighted by atomic mass is 79.9. The number of hydrogen-bond acceptors (Lipinski definition) is 1. The van der Waals surface area contributed by atoms with Crippen molar-refractivity contribution >= 4 is 37.6 Å². The average molecular weight is 315 g/mol. The van der Waals surface area contributed by atoms with Gasteiger partial charge in [0, 0.05) is 5.69 Å². The third kappa shape index (κ3) is 2.25. The van der Waals surface area contributed by atoms with Crippen LogP contribution in [0.1, 0.15) is 5.69 Å². The van der Waals surface area contributed by atoms with Crippen LogP contribution in [0, 0.1) is 0 Å². The number of rotatable bonds is 1. The highest BCUT2D eigenvalue weighted by molar-refractivity contribution is 9.10. The fraction of sp³-hybridized carbons (Fsp3) is 0.100. The standard InChI is InChI=1S/C10H7Br2N2/c11-9-5-1-3-7(13-9)8-4-2-6-10(12)14-8/h1-6,9H/q-1. The molecule has 2 rings (SSSR count). The van der Waals surface area contributed by atoms with Crippen LogP contribution >= 0.6 is 31.9 Å². The summed E-state index contributed by atoms with van der Waals surface area (Å²) in [7, 11) is 0. The first-order valence-corrected chi connectivity index (χ1v) is 5.83. The Bertz CT molecular complexity index is 399. The lowest BCUT2D eigenvalue weighted by atomic mass is 10.2. The molecule has 0 amide bonds. The van der Waals surface area contributed by atoms with Gasteiger partial charge in [0.15, 0.2) is 0 Å². The predicted octanol–water partition coefficient (Wildman–Crippen LogP) is 3.85. The van der Waals surface area contributed by atoms with Crippen LogP contribution in [0.25, 0.3) is 11.0 Å². The molecule has 0 N–H and O–H groups in total. The van der Waals surface area contributed by atoms with Crippen molar-refractivity contribution in [2.24, 2.45) is 0 Å². The SMILES string of the molecule is Brc1cccc(C2=CC=CC(Br)[N-]2)n1. The van der Waals surface area contributed by atoms with E-state index in [-0.39, 0.29) is 4.95 Å². The molecule has 0 radical (unpaired) electrons. The fourth-order valence-electron chi connectivity index (χ4n) is 1.16. The minimum atomic E-state index is 0.0586. The van der Waals surface area contributed by atoms with E-state index < -0.39 is 0 Å². The van der Waals surface area contributed by atoms with Gasteiger partial charge in [0.05, 0.1) is 0 Å². The van der Waals surface area contributed by atoms with Crippen molar-refractivity contribution in [3.05, 3.63) is 52.0 Å². The van der Waals surface area contributed by atoms with Gasteiger partial charge >= 0.3 is 0 Å². The van der Waals surface area contributed by atoms with Crippen molar-refractivity contribution in [2.75, 3.05) is 0 Å². The second kappa shape index (κ2) is 4.28. The molecule has 0 spiro atoms. The van der Waals surface area contributed by atoms with Crippen LogP contribution in [0.4, 0.5) is 0 Å². The normalized spacial score (nSPS) is 20.1. The first-order chi connectivity index (χ1) is 6.75. The molecule has 0 aliphatic carbocycles. The lowest BCUT2D eigenvalue weighted by Crippen LogP contribution is -1.98. The van der Waals surface area contributed by atoms with Crippen molar-refractivity contribution in [3.8, 4) is 0 Å². The predicted molar refractivity (Wildman–Crippen MR) is 65.1 cm³/mol. The topological polar surface area (TPSA) is 27.0 Å². The van der Waals surface area contributed by atoms with Gasteiger partial charge in [0.25, 0.3) is 0 Å². The van der Waals surface area contributed by atoms with Gasteiger partial charge in [-0.1, -0.05) is 24.3 Å². The zero-order valence-corrected chi connectivity index (χ0v) is 10.4.